The van der Waals surface area contributed by atoms with E-state index in [1.54, 1.807) is 12.1 Å². The van der Waals surface area contributed by atoms with Crippen LogP contribution < -0.4 is 10.6 Å². The first-order valence-corrected chi connectivity index (χ1v) is 7.84. The Hall–Kier alpha value is -2.58. The summed E-state index contributed by atoms with van der Waals surface area (Å²) in [6.45, 7) is 2.58. The number of nitriles is 1. The number of rotatable bonds is 5. The molecule has 0 bridgehead atoms. The molecule has 116 valence electrons. The SMILES string of the molecule is Cc1ccccc1CN/C=C(/C#N)C(=O)Nc1ccc(Br)cc1. The van der Waals surface area contributed by atoms with E-state index in [4.69, 9.17) is 5.26 Å². The second-order valence-corrected chi connectivity index (χ2v) is 5.85. The number of nitrogens with zero attached hydrogens (tertiary/aromatic N) is 1. The van der Waals surface area contributed by atoms with E-state index in [1.807, 2.05) is 49.4 Å². The molecular formula is C18H16BrN3O. The maximum Gasteiger partial charge on any atom is 0.267 e. The lowest BCUT2D eigenvalue weighted by Gasteiger charge is -2.07. The van der Waals surface area contributed by atoms with E-state index in [0.29, 0.717) is 12.2 Å². The van der Waals surface area contributed by atoms with Crippen molar-refractivity contribution in [2.24, 2.45) is 0 Å². The lowest BCUT2D eigenvalue weighted by Crippen LogP contribution is -2.16. The lowest BCUT2D eigenvalue weighted by molar-refractivity contribution is -0.112. The summed E-state index contributed by atoms with van der Waals surface area (Å²) in [6.07, 6.45) is 1.45. The number of hydrogen-bond acceptors (Lipinski definition) is 3. The van der Waals surface area contributed by atoms with Gasteiger partial charge in [0.05, 0.1) is 0 Å². The Labute approximate surface area is 144 Å². The van der Waals surface area contributed by atoms with Gasteiger partial charge in [-0.15, -0.1) is 0 Å². The first-order chi connectivity index (χ1) is 11.1. The normalized spacial score (nSPS) is 10.7. The highest BCUT2D eigenvalue weighted by Crippen LogP contribution is 2.14. The minimum Gasteiger partial charge on any atom is -0.386 e. The van der Waals surface area contributed by atoms with E-state index >= 15 is 0 Å². The summed E-state index contributed by atoms with van der Waals surface area (Å²) >= 11 is 3.33. The molecule has 23 heavy (non-hydrogen) atoms. The van der Waals surface area contributed by atoms with Crippen LogP contribution in [0.1, 0.15) is 11.1 Å². The molecule has 0 saturated carbocycles. The fourth-order valence-electron chi connectivity index (χ4n) is 1.95. The van der Waals surface area contributed by atoms with Crippen LogP contribution in [0.25, 0.3) is 0 Å². The van der Waals surface area contributed by atoms with Crippen LogP contribution in [0.2, 0.25) is 0 Å². The van der Waals surface area contributed by atoms with Gasteiger partial charge in [0.25, 0.3) is 5.91 Å². The number of benzene rings is 2. The largest absolute Gasteiger partial charge is 0.386 e. The number of carbonyl (C=O) groups is 1. The van der Waals surface area contributed by atoms with Crippen LogP contribution in [0, 0.1) is 18.3 Å². The van der Waals surface area contributed by atoms with Gasteiger partial charge >= 0.3 is 0 Å². The quantitative estimate of drug-likeness (QED) is 0.620. The summed E-state index contributed by atoms with van der Waals surface area (Å²) in [5, 5.41) is 14.8. The Morgan fingerprint density at radius 1 is 1.22 bits per heavy atom. The van der Waals surface area contributed by atoms with Gasteiger partial charge in [0.15, 0.2) is 0 Å². The summed E-state index contributed by atoms with van der Waals surface area (Å²) in [5.74, 6) is -0.438. The van der Waals surface area contributed by atoms with Gasteiger partial charge in [0.2, 0.25) is 0 Å². The molecule has 0 heterocycles. The minimum atomic E-state index is -0.438. The number of amides is 1. The van der Waals surface area contributed by atoms with Gasteiger partial charge in [0, 0.05) is 22.9 Å². The molecule has 0 radical (unpaired) electrons. The third kappa shape index (κ3) is 4.97. The predicted octanol–water partition coefficient (Wildman–Crippen LogP) is 3.89. The first-order valence-electron chi connectivity index (χ1n) is 7.05. The van der Waals surface area contributed by atoms with E-state index in [9.17, 15) is 4.79 Å². The van der Waals surface area contributed by atoms with Crippen LogP contribution in [0.15, 0.2) is 64.8 Å². The number of aryl methyl sites for hydroxylation is 1. The Morgan fingerprint density at radius 2 is 1.91 bits per heavy atom. The van der Waals surface area contributed by atoms with Crippen LogP contribution in [0.4, 0.5) is 5.69 Å². The Bertz CT molecular complexity index is 761. The van der Waals surface area contributed by atoms with Gasteiger partial charge in [-0.25, -0.2) is 0 Å². The molecule has 4 nitrogen and oxygen atoms in total. The topological polar surface area (TPSA) is 64.9 Å². The zero-order chi connectivity index (χ0) is 16.7. The van der Waals surface area contributed by atoms with Crippen LogP contribution >= 0.6 is 15.9 Å². The Balaban J connectivity index is 1.98. The van der Waals surface area contributed by atoms with Crippen molar-refractivity contribution in [3.8, 4) is 6.07 Å². The first kappa shape index (κ1) is 16.8. The van der Waals surface area contributed by atoms with Crippen LogP contribution in [0.5, 0.6) is 0 Å². The number of halogens is 1. The Morgan fingerprint density at radius 3 is 2.57 bits per heavy atom. The van der Waals surface area contributed by atoms with Crippen molar-refractivity contribution < 1.29 is 4.79 Å². The van der Waals surface area contributed by atoms with Gasteiger partial charge in [0.1, 0.15) is 11.6 Å². The molecule has 2 aromatic rings. The van der Waals surface area contributed by atoms with E-state index in [0.717, 1.165) is 15.6 Å². The third-order valence-corrected chi connectivity index (χ3v) is 3.80. The maximum atomic E-state index is 12.1. The molecule has 0 aliphatic carbocycles. The molecule has 0 fully saturated rings. The fraction of sp³-hybridized carbons (Fsp3) is 0.111. The second-order valence-electron chi connectivity index (χ2n) is 4.94. The van der Waals surface area contributed by atoms with Crippen molar-refractivity contribution in [3.63, 3.8) is 0 Å². The number of anilines is 1. The Kier molecular flexibility index (Phi) is 5.95. The van der Waals surface area contributed by atoms with Gasteiger partial charge in [-0.3, -0.25) is 4.79 Å². The van der Waals surface area contributed by atoms with Crippen molar-refractivity contribution >= 4 is 27.5 Å². The highest BCUT2D eigenvalue weighted by molar-refractivity contribution is 9.10. The average Bonchev–Trinajstić information content (AvgIpc) is 2.55. The molecule has 0 saturated heterocycles. The zero-order valence-corrected chi connectivity index (χ0v) is 14.2. The molecule has 0 atom stereocenters. The highest BCUT2D eigenvalue weighted by Gasteiger charge is 2.09. The molecule has 0 spiro atoms. The molecule has 5 heteroatoms. The molecular weight excluding hydrogens is 354 g/mol. The highest BCUT2D eigenvalue weighted by atomic mass is 79.9. The van der Waals surface area contributed by atoms with Crippen molar-refractivity contribution in [2.75, 3.05) is 5.32 Å². The van der Waals surface area contributed by atoms with E-state index < -0.39 is 5.91 Å². The predicted molar refractivity (Wildman–Crippen MR) is 94.5 cm³/mol. The van der Waals surface area contributed by atoms with Crippen molar-refractivity contribution in [3.05, 3.63) is 75.9 Å². The molecule has 2 N–H and O–H groups in total. The van der Waals surface area contributed by atoms with Crippen molar-refractivity contribution in [1.82, 2.24) is 5.32 Å². The smallest absolute Gasteiger partial charge is 0.267 e. The average molecular weight is 370 g/mol. The third-order valence-electron chi connectivity index (χ3n) is 3.27. The van der Waals surface area contributed by atoms with E-state index in [1.165, 1.54) is 6.20 Å². The summed E-state index contributed by atoms with van der Waals surface area (Å²) in [6, 6.07) is 17.0. The van der Waals surface area contributed by atoms with Crippen molar-refractivity contribution in [2.45, 2.75) is 13.5 Å². The standard InChI is InChI=1S/C18H16BrN3O/c1-13-4-2-3-5-14(13)11-21-12-15(10-20)18(23)22-17-8-6-16(19)7-9-17/h2-9,12,21H,11H2,1H3,(H,22,23)/b15-12-. The van der Waals surface area contributed by atoms with Crippen LogP contribution in [-0.2, 0) is 11.3 Å². The summed E-state index contributed by atoms with van der Waals surface area (Å²) in [5.41, 5.74) is 2.94. The second kappa shape index (κ2) is 8.16. The van der Waals surface area contributed by atoms with Crippen molar-refractivity contribution in [1.29, 1.82) is 5.26 Å². The van der Waals surface area contributed by atoms with E-state index in [2.05, 4.69) is 26.6 Å². The van der Waals surface area contributed by atoms with Gasteiger partial charge in [-0.2, -0.15) is 5.26 Å². The van der Waals surface area contributed by atoms with Gasteiger partial charge in [-0.1, -0.05) is 40.2 Å². The minimum absolute atomic E-state index is 0.0292. The van der Waals surface area contributed by atoms with Crippen LogP contribution in [-0.4, -0.2) is 5.91 Å². The molecule has 0 aliphatic rings. The molecule has 0 unspecified atom stereocenters. The molecule has 2 rings (SSSR count). The molecule has 2 aromatic carbocycles. The molecule has 0 aromatic heterocycles. The summed E-state index contributed by atoms with van der Waals surface area (Å²) in [4.78, 5) is 12.1. The van der Waals surface area contributed by atoms with Gasteiger partial charge < -0.3 is 10.6 Å². The zero-order valence-electron chi connectivity index (χ0n) is 12.6. The summed E-state index contributed by atoms with van der Waals surface area (Å²) < 4.78 is 0.923. The van der Waals surface area contributed by atoms with Crippen LogP contribution in [0.3, 0.4) is 0 Å². The molecule has 0 aliphatic heterocycles. The fourth-order valence-corrected chi connectivity index (χ4v) is 2.22. The number of carbonyl (C=O) groups excluding carboxylic acids is 1. The monoisotopic (exact) mass is 369 g/mol. The lowest BCUT2D eigenvalue weighted by atomic mass is 10.1. The van der Waals surface area contributed by atoms with Gasteiger partial charge in [-0.05, 0) is 42.3 Å². The number of nitrogens with one attached hydrogen (secondary N) is 2. The molecule has 1 amide bonds. The number of hydrogen-bond donors (Lipinski definition) is 2. The van der Waals surface area contributed by atoms with E-state index in [-0.39, 0.29) is 5.57 Å². The maximum absolute atomic E-state index is 12.1. The summed E-state index contributed by atoms with van der Waals surface area (Å²) in [7, 11) is 0.